The van der Waals surface area contributed by atoms with E-state index in [1.54, 1.807) is 20.8 Å². The van der Waals surface area contributed by atoms with Crippen molar-refractivity contribution in [3.05, 3.63) is 46.7 Å². The van der Waals surface area contributed by atoms with Gasteiger partial charge in [0.05, 0.1) is 10.7 Å². The van der Waals surface area contributed by atoms with E-state index in [2.05, 4.69) is 20.3 Å². The minimum Gasteiger partial charge on any atom is -0.343 e. The van der Waals surface area contributed by atoms with E-state index in [1.165, 1.54) is 23.9 Å². The molecule has 0 spiro atoms. The number of nitrogens with one attached hydrogen (secondary N) is 4. The summed E-state index contributed by atoms with van der Waals surface area (Å²) in [7, 11) is -2.38. The zero-order valence-corrected chi connectivity index (χ0v) is 17.1. The number of hydrogen-bond acceptors (Lipinski definition) is 4. The van der Waals surface area contributed by atoms with Gasteiger partial charge >= 0.3 is 0 Å². The molecule has 1 aromatic heterocycles. The molecule has 0 atom stereocenters. The first-order valence-electron chi connectivity index (χ1n) is 7.97. The van der Waals surface area contributed by atoms with Gasteiger partial charge < -0.3 is 15.3 Å². The minimum atomic E-state index is -3.89. The Morgan fingerprint density at radius 1 is 1.18 bits per heavy atom. The number of carbonyl (C=O) groups is 1. The Bertz CT molecular complexity index is 1000. The van der Waals surface area contributed by atoms with Crippen molar-refractivity contribution in [3.8, 4) is 0 Å². The Morgan fingerprint density at radius 3 is 2.39 bits per heavy atom. The van der Waals surface area contributed by atoms with Crippen LogP contribution in [0.3, 0.4) is 0 Å². The van der Waals surface area contributed by atoms with Gasteiger partial charge in [-0.15, -0.1) is 4.83 Å². The second-order valence-corrected chi connectivity index (χ2v) is 8.77. The molecule has 0 saturated heterocycles. The molecule has 0 aliphatic carbocycles. The SMILES string of the molecule is Cn1cc(NNS(=O)(=O)NC(C)(C)C)c(Cl)c1C(=O)Nc1ccc(F)c(F)c1. The second kappa shape index (κ2) is 8.03. The molecule has 154 valence electrons. The molecule has 12 heteroatoms. The number of aryl methyl sites for hydroxylation is 1. The number of aromatic nitrogens is 1. The Morgan fingerprint density at radius 2 is 1.82 bits per heavy atom. The molecule has 2 rings (SSSR count). The third-order valence-corrected chi connectivity index (χ3v) is 4.91. The maximum absolute atomic E-state index is 13.3. The Labute approximate surface area is 166 Å². The van der Waals surface area contributed by atoms with Crippen molar-refractivity contribution in [1.29, 1.82) is 0 Å². The summed E-state index contributed by atoms with van der Waals surface area (Å²) >= 11 is 6.18. The van der Waals surface area contributed by atoms with Crippen molar-refractivity contribution in [2.45, 2.75) is 26.3 Å². The Balaban J connectivity index is 2.16. The smallest absolute Gasteiger partial charge is 0.294 e. The molecule has 0 fully saturated rings. The third-order valence-electron chi connectivity index (χ3n) is 3.27. The average molecular weight is 436 g/mol. The first-order chi connectivity index (χ1) is 12.8. The van der Waals surface area contributed by atoms with Crippen LogP contribution in [0, 0.1) is 11.6 Å². The number of benzene rings is 1. The van der Waals surface area contributed by atoms with E-state index in [9.17, 15) is 22.0 Å². The molecule has 1 aromatic carbocycles. The number of hydrazine groups is 1. The van der Waals surface area contributed by atoms with E-state index >= 15 is 0 Å². The highest BCUT2D eigenvalue weighted by atomic mass is 35.5. The molecular formula is C16H20ClF2N5O3S. The van der Waals surface area contributed by atoms with E-state index in [0.29, 0.717) is 0 Å². The molecule has 0 aliphatic heterocycles. The predicted octanol–water partition coefficient (Wildman–Crippen LogP) is 2.76. The number of anilines is 2. The summed E-state index contributed by atoms with van der Waals surface area (Å²) in [6, 6.07) is 2.90. The molecule has 8 nitrogen and oxygen atoms in total. The van der Waals surface area contributed by atoms with Crippen LogP contribution in [0.2, 0.25) is 5.02 Å². The summed E-state index contributed by atoms with van der Waals surface area (Å²) < 4.78 is 54.0. The lowest BCUT2D eigenvalue weighted by molar-refractivity contribution is 0.101. The van der Waals surface area contributed by atoms with Crippen LogP contribution < -0.4 is 20.3 Å². The first kappa shape index (κ1) is 22.1. The summed E-state index contributed by atoms with van der Waals surface area (Å²) in [6.07, 6.45) is 1.39. The number of carbonyl (C=O) groups excluding carboxylic acids is 1. The van der Waals surface area contributed by atoms with Gasteiger partial charge in [0.1, 0.15) is 5.69 Å². The number of rotatable bonds is 6. The van der Waals surface area contributed by atoms with E-state index < -0.39 is 33.3 Å². The fourth-order valence-electron chi connectivity index (χ4n) is 2.26. The normalized spacial score (nSPS) is 12.1. The van der Waals surface area contributed by atoms with Crippen LogP contribution in [0.25, 0.3) is 0 Å². The lowest BCUT2D eigenvalue weighted by Crippen LogP contribution is -2.48. The monoisotopic (exact) mass is 435 g/mol. The van der Waals surface area contributed by atoms with E-state index in [1.807, 2.05) is 0 Å². The summed E-state index contributed by atoms with van der Waals surface area (Å²) in [6.45, 7) is 5.01. The summed E-state index contributed by atoms with van der Waals surface area (Å²) in [5.41, 5.74) is 1.86. The fourth-order valence-corrected chi connectivity index (χ4v) is 3.68. The van der Waals surface area contributed by atoms with Gasteiger partial charge in [0, 0.05) is 30.5 Å². The molecule has 0 aliphatic rings. The molecular weight excluding hydrogens is 416 g/mol. The van der Waals surface area contributed by atoms with Crippen molar-refractivity contribution in [1.82, 2.24) is 14.1 Å². The van der Waals surface area contributed by atoms with Crippen molar-refractivity contribution >= 4 is 39.1 Å². The van der Waals surface area contributed by atoms with E-state index in [4.69, 9.17) is 11.6 Å². The molecule has 1 amide bonds. The van der Waals surface area contributed by atoms with Gasteiger partial charge in [-0.05, 0) is 32.9 Å². The topological polar surface area (TPSA) is 104 Å². The van der Waals surface area contributed by atoms with Gasteiger partial charge in [0.25, 0.3) is 16.1 Å². The number of hydrogen-bond donors (Lipinski definition) is 4. The number of halogens is 3. The molecule has 0 bridgehead atoms. The summed E-state index contributed by atoms with van der Waals surface area (Å²) in [5, 5.41) is 2.33. The largest absolute Gasteiger partial charge is 0.343 e. The first-order valence-corrected chi connectivity index (χ1v) is 9.83. The molecule has 0 unspecified atom stereocenters. The van der Waals surface area contributed by atoms with Crippen molar-refractivity contribution < 1.29 is 22.0 Å². The standard InChI is InChI=1S/C16H20ClF2N5O3S/c1-16(2,3)22-28(26,27)23-21-12-8-24(4)14(13(12)17)15(25)20-9-5-6-10(18)11(19)7-9/h5-8,21-23H,1-4H3,(H,20,25). The highest BCUT2D eigenvalue weighted by Crippen LogP contribution is 2.28. The van der Waals surface area contributed by atoms with Crippen LogP contribution in [-0.4, -0.2) is 24.4 Å². The predicted molar refractivity (Wildman–Crippen MR) is 103 cm³/mol. The molecule has 2 aromatic rings. The quantitative estimate of drug-likeness (QED) is 0.524. The second-order valence-electron chi connectivity index (χ2n) is 6.98. The maximum atomic E-state index is 13.3. The van der Waals surface area contributed by atoms with Crippen LogP contribution in [0.1, 0.15) is 31.3 Å². The van der Waals surface area contributed by atoms with Gasteiger partial charge in [-0.2, -0.15) is 13.1 Å². The van der Waals surface area contributed by atoms with Gasteiger partial charge in [0.15, 0.2) is 11.6 Å². The van der Waals surface area contributed by atoms with Crippen LogP contribution in [0.5, 0.6) is 0 Å². The number of nitrogens with zero attached hydrogens (tertiary/aromatic N) is 1. The van der Waals surface area contributed by atoms with Gasteiger partial charge in [-0.3, -0.25) is 4.79 Å². The summed E-state index contributed by atoms with van der Waals surface area (Å²) in [4.78, 5) is 14.5. The third kappa shape index (κ3) is 5.64. The molecule has 4 N–H and O–H groups in total. The molecule has 28 heavy (non-hydrogen) atoms. The average Bonchev–Trinajstić information content (AvgIpc) is 2.81. The zero-order valence-electron chi connectivity index (χ0n) is 15.5. The van der Waals surface area contributed by atoms with Gasteiger partial charge in [-0.1, -0.05) is 11.6 Å². The van der Waals surface area contributed by atoms with Crippen LogP contribution in [-0.2, 0) is 17.3 Å². The molecule has 1 heterocycles. The van der Waals surface area contributed by atoms with Gasteiger partial charge in [0.2, 0.25) is 0 Å². The van der Waals surface area contributed by atoms with Gasteiger partial charge in [-0.25, -0.2) is 8.78 Å². The van der Waals surface area contributed by atoms with E-state index in [-0.39, 0.29) is 22.1 Å². The van der Waals surface area contributed by atoms with Crippen LogP contribution in [0.4, 0.5) is 20.2 Å². The minimum absolute atomic E-state index is 0.0168. The highest BCUT2D eigenvalue weighted by molar-refractivity contribution is 7.87. The van der Waals surface area contributed by atoms with E-state index in [0.717, 1.165) is 12.1 Å². The lowest BCUT2D eigenvalue weighted by Gasteiger charge is -2.20. The molecule has 0 saturated carbocycles. The van der Waals surface area contributed by atoms with Crippen LogP contribution in [0.15, 0.2) is 24.4 Å². The van der Waals surface area contributed by atoms with Crippen molar-refractivity contribution in [2.75, 3.05) is 10.7 Å². The van der Waals surface area contributed by atoms with Crippen molar-refractivity contribution in [3.63, 3.8) is 0 Å². The highest BCUT2D eigenvalue weighted by Gasteiger charge is 2.23. The zero-order chi connectivity index (χ0) is 21.3. The fraction of sp³-hybridized carbons (Fsp3) is 0.312. The molecule has 0 radical (unpaired) electrons. The lowest BCUT2D eigenvalue weighted by atomic mass is 10.1. The van der Waals surface area contributed by atoms with Crippen molar-refractivity contribution in [2.24, 2.45) is 7.05 Å². The Kier molecular flexibility index (Phi) is 6.34. The van der Waals surface area contributed by atoms with Crippen LogP contribution >= 0.6 is 11.6 Å². The summed E-state index contributed by atoms with van der Waals surface area (Å²) in [5.74, 6) is -2.85. The number of amides is 1. The Hall–Kier alpha value is -2.21. The maximum Gasteiger partial charge on any atom is 0.294 e.